The van der Waals surface area contributed by atoms with E-state index in [9.17, 15) is 4.79 Å². The lowest BCUT2D eigenvalue weighted by Crippen LogP contribution is -2.56. The van der Waals surface area contributed by atoms with Crippen LogP contribution < -0.4 is 5.32 Å². The van der Waals surface area contributed by atoms with Gasteiger partial charge >= 0.3 is 0 Å². The molecule has 0 radical (unpaired) electrons. The maximum atomic E-state index is 11.7. The van der Waals surface area contributed by atoms with Crippen molar-refractivity contribution in [3.63, 3.8) is 0 Å². The van der Waals surface area contributed by atoms with Gasteiger partial charge in [-0.1, -0.05) is 12.1 Å². The predicted molar refractivity (Wildman–Crippen MR) is 75.2 cm³/mol. The summed E-state index contributed by atoms with van der Waals surface area (Å²) >= 11 is 0. The Morgan fingerprint density at radius 2 is 1.90 bits per heavy atom. The fraction of sp³-hybridized carbons (Fsp3) is 0.286. The second-order valence-corrected chi connectivity index (χ2v) is 4.60. The Bertz CT molecular complexity index is 604. The molecule has 1 aromatic carbocycles. The molecule has 0 aliphatic carbocycles. The van der Waals surface area contributed by atoms with E-state index in [4.69, 9.17) is 19.7 Å². The summed E-state index contributed by atoms with van der Waals surface area (Å²) in [6, 6.07) is 7.17. The number of rotatable bonds is 6. The van der Waals surface area contributed by atoms with Crippen LogP contribution in [0.2, 0.25) is 0 Å². The van der Waals surface area contributed by atoms with Gasteiger partial charge in [0.15, 0.2) is 5.58 Å². The summed E-state index contributed by atoms with van der Waals surface area (Å²) in [5.41, 5.74) is -0.177. The van der Waals surface area contributed by atoms with Crippen LogP contribution in [-0.4, -0.2) is 51.6 Å². The molecule has 21 heavy (non-hydrogen) atoms. The third-order valence-corrected chi connectivity index (χ3v) is 2.98. The van der Waals surface area contributed by atoms with E-state index in [-0.39, 0.29) is 5.89 Å². The van der Waals surface area contributed by atoms with Crippen molar-refractivity contribution in [1.82, 2.24) is 10.3 Å². The van der Waals surface area contributed by atoms with E-state index in [0.717, 1.165) is 6.08 Å². The topological polar surface area (TPSA) is 116 Å². The van der Waals surface area contributed by atoms with Crippen LogP contribution in [-0.2, 0) is 4.79 Å². The van der Waals surface area contributed by atoms with Crippen molar-refractivity contribution in [2.75, 3.05) is 19.8 Å². The van der Waals surface area contributed by atoms with Gasteiger partial charge in [0, 0.05) is 12.2 Å². The van der Waals surface area contributed by atoms with E-state index < -0.39 is 31.3 Å². The molecule has 7 nitrogen and oxygen atoms in total. The van der Waals surface area contributed by atoms with Gasteiger partial charge in [0.05, 0.1) is 19.8 Å². The number of aliphatic hydroxyl groups is 3. The standard InChI is InChI=1S/C14H16N2O5/c17-7-14(8-18,9-19)16-12(20)5-6-13-15-10-3-1-2-4-11(10)21-13/h1-6,17-19H,7-9H2,(H,16,20)/b6-5+. The number of benzene rings is 1. The number of para-hydroxylation sites is 2. The molecule has 0 aliphatic rings. The molecular formula is C14H16N2O5. The molecule has 0 atom stereocenters. The van der Waals surface area contributed by atoms with E-state index in [1.165, 1.54) is 6.08 Å². The summed E-state index contributed by atoms with van der Waals surface area (Å²) in [5, 5.41) is 29.7. The minimum atomic E-state index is -1.46. The first-order valence-electron chi connectivity index (χ1n) is 6.31. The zero-order chi connectivity index (χ0) is 15.3. The Kier molecular flexibility index (Phi) is 4.69. The molecule has 7 heteroatoms. The van der Waals surface area contributed by atoms with Crippen LogP contribution in [0.4, 0.5) is 0 Å². The molecule has 0 saturated carbocycles. The highest BCUT2D eigenvalue weighted by molar-refractivity contribution is 5.92. The second-order valence-electron chi connectivity index (χ2n) is 4.60. The van der Waals surface area contributed by atoms with Gasteiger partial charge in [-0.15, -0.1) is 0 Å². The van der Waals surface area contributed by atoms with E-state index in [2.05, 4.69) is 10.3 Å². The lowest BCUT2D eigenvalue weighted by molar-refractivity contribution is -0.120. The van der Waals surface area contributed by atoms with E-state index in [1.54, 1.807) is 12.1 Å². The number of nitrogens with zero attached hydrogens (tertiary/aromatic N) is 1. The number of aromatic nitrogens is 1. The van der Waals surface area contributed by atoms with E-state index in [1.807, 2.05) is 12.1 Å². The number of fused-ring (bicyclic) bond motifs is 1. The predicted octanol–water partition coefficient (Wildman–Crippen LogP) is -0.327. The van der Waals surface area contributed by atoms with Crippen molar-refractivity contribution in [3.8, 4) is 0 Å². The maximum absolute atomic E-state index is 11.7. The summed E-state index contributed by atoms with van der Waals surface area (Å²) in [6.45, 7) is -1.74. The highest BCUT2D eigenvalue weighted by Crippen LogP contribution is 2.15. The number of nitrogens with one attached hydrogen (secondary N) is 1. The third-order valence-electron chi connectivity index (χ3n) is 2.98. The Balaban J connectivity index is 2.08. The SMILES string of the molecule is O=C(/C=C/c1nc2ccccc2o1)NC(CO)(CO)CO. The van der Waals surface area contributed by atoms with Crippen LogP contribution in [0.3, 0.4) is 0 Å². The number of hydrogen-bond donors (Lipinski definition) is 4. The molecule has 0 spiro atoms. The van der Waals surface area contributed by atoms with Crippen LogP contribution in [0, 0.1) is 0 Å². The molecule has 1 aromatic heterocycles. The highest BCUT2D eigenvalue weighted by Gasteiger charge is 2.29. The molecule has 0 fully saturated rings. The van der Waals surface area contributed by atoms with Crippen molar-refractivity contribution in [1.29, 1.82) is 0 Å². The van der Waals surface area contributed by atoms with Crippen LogP contribution >= 0.6 is 0 Å². The Morgan fingerprint density at radius 1 is 1.24 bits per heavy atom. The fourth-order valence-corrected chi connectivity index (χ4v) is 1.68. The Labute approximate surface area is 120 Å². The van der Waals surface area contributed by atoms with Gasteiger partial charge < -0.3 is 25.1 Å². The molecule has 112 valence electrons. The van der Waals surface area contributed by atoms with Crippen molar-refractivity contribution in [3.05, 3.63) is 36.2 Å². The van der Waals surface area contributed by atoms with Gasteiger partial charge in [-0.2, -0.15) is 0 Å². The second kappa shape index (κ2) is 6.49. The lowest BCUT2D eigenvalue weighted by atomic mass is 10.0. The average Bonchev–Trinajstić information content (AvgIpc) is 2.94. The first-order chi connectivity index (χ1) is 10.1. The minimum Gasteiger partial charge on any atom is -0.437 e. The first kappa shape index (κ1) is 15.2. The van der Waals surface area contributed by atoms with Crippen LogP contribution in [0.15, 0.2) is 34.8 Å². The number of amides is 1. The van der Waals surface area contributed by atoms with Crippen molar-refractivity contribution in [2.24, 2.45) is 0 Å². The Hall–Kier alpha value is -2.22. The monoisotopic (exact) mass is 292 g/mol. The quantitative estimate of drug-likeness (QED) is 0.542. The molecule has 2 rings (SSSR count). The number of aliphatic hydroxyl groups excluding tert-OH is 3. The number of carbonyl (C=O) groups is 1. The van der Waals surface area contributed by atoms with Gasteiger partial charge in [0.25, 0.3) is 0 Å². The van der Waals surface area contributed by atoms with Gasteiger partial charge in [0.1, 0.15) is 11.1 Å². The highest BCUT2D eigenvalue weighted by atomic mass is 16.3. The first-order valence-corrected chi connectivity index (χ1v) is 6.31. The van der Waals surface area contributed by atoms with Crippen LogP contribution in [0.5, 0.6) is 0 Å². The zero-order valence-corrected chi connectivity index (χ0v) is 11.2. The summed E-state index contributed by atoms with van der Waals surface area (Å²) in [7, 11) is 0. The number of hydrogen-bond acceptors (Lipinski definition) is 6. The van der Waals surface area contributed by atoms with Crippen LogP contribution in [0.25, 0.3) is 17.2 Å². The van der Waals surface area contributed by atoms with Crippen molar-refractivity contribution in [2.45, 2.75) is 5.54 Å². The zero-order valence-electron chi connectivity index (χ0n) is 11.2. The molecule has 0 bridgehead atoms. The number of carbonyl (C=O) groups excluding carboxylic acids is 1. The minimum absolute atomic E-state index is 0.258. The Morgan fingerprint density at radius 3 is 2.52 bits per heavy atom. The van der Waals surface area contributed by atoms with Gasteiger partial charge in [-0.3, -0.25) is 4.79 Å². The maximum Gasteiger partial charge on any atom is 0.244 e. The largest absolute Gasteiger partial charge is 0.437 e. The smallest absolute Gasteiger partial charge is 0.244 e. The van der Waals surface area contributed by atoms with Crippen molar-refractivity contribution < 1.29 is 24.5 Å². The average molecular weight is 292 g/mol. The summed E-state index contributed by atoms with van der Waals surface area (Å²) in [6.07, 6.45) is 2.52. The van der Waals surface area contributed by atoms with Crippen LogP contribution in [0.1, 0.15) is 5.89 Å². The summed E-state index contributed by atoms with van der Waals surface area (Å²) < 4.78 is 5.40. The van der Waals surface area contributed by atoms with E-state index >= 15 is 0 Å². The lowest BCUT2D eigenvalue weighted by Gasteiger charge is -2.27. The molecular weight excluding hydrogens is 276 g/mol. The molecule has 1 heterocycles. The van der Waals surface area contributed by atoms with Crippen molar-refractivity contribution >= 4 is 23.1 Å². The fourth-order valence-electron chi connectivity index (χ4n) is 1.68. The number of oxazole rings is 1. The molecule has 1 amide bonds. The molecule has 4 N–H and O–H groups in total. The molecule has 0 unspecified atom stereocenters. The van der Waals surface area contributed by atoms with Gasteiger partial charge in [-0.25, -0.2) is 4.98 Å². The summed E-state index contributed by atoms with van der Waals surface area (Å²) in [5.74, 6) is -0.330. The van der Waals surface area contributed by atoms with Gasteiger partial charge in [0.2, 0.25) is 11.8 Å². The molecule has 0 aliphatic heterocycles. The molecule has 0 saturated heterocycles. The normalized spacial score (nSPS) is 12.1. The molecule has 2 aromatic rings. The van der Waals surface area contributed by atoms with Gasteiger partial charge in [-0.05, 0) is 12.1 Å². The van der Waals surface area contributed by atoms with E-state index in [0.29, 0.717) is 11.1 Å². The third kappa shape index (κ3) is 3.46. The summed E-state index contributed by atoms with van der Waals surface area (Å²) in [4.78, 5) is 15.9.